The molecular formula is C11H16N2O2S. The molecule has 0 unspecified atom stereocenters. The number of carbonyl (C=O) groups excluding carboxylic acids is 1. The summed E-state index contributed by atoms with van der Waals surface area (Å²) in [6.45, 7) is 1.48. The summed E-state index contributed by atoms with van der Waals surface area (Å²) in [6, 6.07) is 0. The molecule has 0 spiro atoms. The fourth-order valence-electron chi connectivity index (χ4n) is 1.74. The van der Waals surface area contributed by atoms with E-state index < -0.39 is 0 Å². The number of Topliss-reactive ketones (excluding diaryl/α,β-unsaturated/α-hetero) is 1. The van der Waals surface area contributed by atoms with Crippen LogP contribution in [0.25, 0.3) is 0 Å². The number of rotatable bonds is 4. The molecule has 0 atom stereocenters. The zero-order valence-corrected chi connectivity index (χ0v) is 10.5. The van der Waals surface area contributed by atoms with Crippen molar-refractivity contribution >= 4 is 22.3 Å². The fraction of sp³-hybridized carbons (Fsp3) is 0.636. The Labute approximate surface area is 99.2 Å². The van der Waals surface area contributed by atoms with Crippen LogP contribution in [0.15, 0.2) is 0 Å². The fourth-order valence-corrected chi connectivity index (χ4v) is 2.85. The molecule has 0 saturated carbocycles. The molecule has 0 aliphatic heterocycles. The quantitative estimate of drug-likeness (QED) is 0.804. The third kappa shape index (κ3) is 2.25. The summed E-state index contributed by atoms with van der Waals surface area (Å²) in [6.07, 6.45) is 2.62. The maximum absolute atomic E-state index is 11.6. The Morgan fingerprint density at radius 1 is 1.50 bits per heavy atom. The number of thiazole rings is 1. The number of ether oxygens (including phenoxy) is 1. The average Bonchev–Trinajstić information content (AvgIpc) is 2.71. The van der Waals surface area contributed by atoms with Crippen LogP contribution < -0.4 is 4.90 Å². The molecule has 0 radical (unpaired) electrons. The molecule has 88 valence electrons. The van der Waals surface area contributed by atoms with Crippen molar-refractivity contribution in [3.63, 3.8) is 0 Å². The molecule has 0 bridgehead atoms. The molecular weight excluding hydrogens is 224 g/mol. The minimum absolute atomic E-state index is 0.198. The van der Waals surface area contributed by atoms with Gasteiger partial charge in [0.05, 0.1) is 6.61 Å². The molecule has 16 heavy (non-hydrogen) atoms. The smallest absolute Gasteiger partial charge is 0.186 e. The minimum atomic E-state index is 0.198. The van der Waals surface area contributed by atoms with E-state index in [1.54, 1.807) is 18.4 Å². The predicted molar refractivity (Wildman–Crippen MR) is 64.5 cm³/mol. The first-order valence-electron chi connectivity index (χ1n) is 5.45. The third-order valence-electron chi connectivity index (χ3n) is 2.72. The number of nitrogens with zero attached hydrogens (tertiary/aromatic N) is 2. The topological polar surface area (TPSA) is 42.4 Å². The Balaban J connectivity index is 2.14. The highest BCUT2D eigenvalue weighted by atomic mass is 32.1. The number of anilines is 1. The third-order valence-corrected chi connectivity index (χ3v) is 3.94. The lowest BCUT2D eigenvalue weighted by Crippen LogP contribution is -2.22. The van der Waals surface area contributed by atoms with Crippen molar-refractivity contribution in [1.82, 2.24) is 4.98 Å². The van der Waals surface area contributed by atoms with Crippen molar-refractivity contribution < 1.29 is 9.53 Å². The first-order valence-corrected chi connectivity index (χ1v) is 6.27. The molecule has 0 fully saturated rings. The molecule has 1 aliphatic rings. The summed E-state index contributed by atoms with van der Waals surface area (Å²) < 4.78 is 5.03. The number of ketones is 1. The van der Waals surface area contributed by atoms with Crippen LogP contribution in [0.5, 0.6) is 0 Å². The van der Waals surface area contributed by atoms with Gasteiger partial charge in [-0.1, -0.05) is 0 Å². The number of methoxy groups -OCH3 is 1. The van der Waals surface area contributed by atoms with Crippen LogP contribution in [-0.4, -0.2) is 38.1 Å². The summed E-state index contributed by atoms with van der Waals surface area (Å²) in [5.41, 5.74) is 0.704. The number of likely N-dealkylation sites (N-methyl/N-ethyl adjacent to an activating group) is 1. The van der Waals surface area contributed by atoms with Gasteiger partial charge in [-0.15, -0.1) is 11.3 Å². The second-order valence-electron chi connectivity index (χ2n) is 3.96. The molecule has 0 saturated heterocycles. The molecule has 1 heterocycles. The van der Waals surface area contributed by atoms with E-state index in [1.807, 2.05) is 11.9 Å². The highest BCUT2D eigenvalue weighted by Gasteiger charge is 2.23. The number of fused-ring (bicyclic) bond motifs is 1. The monoisotopic (exact) mass is 240 g/mol. The average molecular weight is 240 g/mol. The summed E-state index contributed by atoms with van der Waals surface area (Å²) in [5, 5.41) is 0.928. The van der Waals surface area contributed by atoms with Crippen LogP contribution >= 0.6 is 11.3 Å². The van der Waals surface area contributed by atoms with Crippen molar-refractivity contribution in [3.05, 3.63) is 10.6 Å². The van der Waals surface area contributed by atoms with Gasteiger partial charge in [-0.25, -0.2) is 4.98 Å². The van der Waals surface area contributed by atoms with E-state index in [0.29, 0.717) is 18.7 Å². The molecule has 1 aromatic rings. The van der Waals surface area contributed by atoms with Crippen molar-refractivity contribution in [3.8, 4) is 0 Å². The van der Waals surface area contributed by atoms with Gasteiger partial charge in [0.2, 0.25) is 0 Å². The van der Waals surface area contributed by atoms with Crippen molar-refractivity contribution in [2.24, 2.45) is 0 Å². The van der Waals surface area contributed by atoms with Gasteiger partial charge in [0.25, 0.3) is 0 Å². The van der Waals surface area contributed by atoms with Gasteiger partial charge >= 0.3 is 0 Å². The first kappa shape index (κ1) is 11.5. The van der Waals surface area contributed by atoms with E-state index in [2.05, 4.69) is 4.98 Å². The summed E-state index contributed by atoms with van der Waals surface area (Å²) in [4.78, 5) is 19.3. The summed E-state index contributed by atoms with van der Waals surface area (Å²) in [7, 11) is 3.66. The van der Waals surface area contributed by atoms with Gasteiger partial charge in [-0.3, -0.25) is 4.79 Å². The Kier molecular flexibility index (Phi) is 3.56. The lowest BCUT2D eigenvalue weighted by Gasteiger charge is -2.14. The zero-order valence-electron chi connectivity index (χ0n) is 9.65. The number of hydrogen-bond donors (Lipinski definition) is 0. The molecule has 5 heteroatoms. The van der Waals surface area contributed by atoms with Gasteiger partial charge in [0.1, 0.15) is 5.69 Å². The zero-order chi connectivity index (χ0) is 11.5. The number of carbonyl (C=O) groups is 1. The molecule has 0 aromatic carbocycles. The van der Waals surface area contributed by atoms with Gasteiger partial charge < -0.3 is 9.64 Å². The predicted octanol–water partition coefficient (Wildman–Crippen LogP) is 1.74. The van der Waals surface area contributed by atoms with E-state index >= 15 is 0 Å². The Morgan fingerprint density at radius 3 is 3.00 bits per heavy atom. The minimum Gasteiger partial charge on any atom is -0.383 e. The number of aromatic nitrogens is 1. The van der Waals surface area contributed by atoms with Gasteiger partial charge in [-0.05, 0) is 12.8 Å². The Morgan fingerprint density at radius 2 is 2.31 bits per heavy atom. The normalized spacial score (nSPS) is 15.0. The van der Waals surface area contributed by atoms with E-state index in [1.165, 1.54) is 0 Å². The molecule has 2 rings (SSSR count). The van der Waals surface area contributed by atoms with Gasteiger partial charge in [-0.2, -0.15) is 0 Å². The van der Waals surface area contributed by atoms with E-state index in [4.69, 9.17) is 4.74 Å². The van der Waals surface area contributed by atoms with Gasteiger partial charge in [0.15, 0.2) is 10.9 Å². The molecule has 1 aromatic heterocycles. The van der Waals surface area contributed by atoms with Crippen LogP contribution in [0, 0.1) is 0 Å². The summed E-state index contributed by atoms with van der Waals surface area (Å²) in [5.74, 6) is 0.198. The van der Waals surface area contributed by atoms with Crippen LogP contribution in [0.2, 0.25) is 0 Å². The molecule has 0 amide bonds. The standard InChI is InChI=1S/C11H16N2O2S/c1-13(6-7-15-2)11-12-10-8(14)4-3-5-9(10)16-11/h3-7H2,1-2H3. The first-order chi connectivity index (χ1) is 7.72. The lowest BCUT2D eigenvalue weighted by molar-refractivity contribution is 0.0968. The highest BCUT2D eigenvalue weighted by molar-refractivity contribution is 7.16. The SMILES string of the molecule is COCCN(C)c1nc2c(s1)CCCC2=O. The molecule has 1 aliphatic carbocycles. The van der Waals surface area contributed by atoms with E-state index in [9.17, 15) is 4.79 Å². The number of aryl methyl sites for hydroxylation is 1. The van der Waals surface area contributed by atoms with E-state index in [-0.39, 0.29) is 5.78 Å². The molecule has 0 N–H and O–H groups in total. The Hall–Kier alpha value is -0.940. The lowest BCUT2D eigenvalue weighted by atomic mass is 10.0. The van der Waals surface area contributed by atoms with Crippen molar-refractivity contribution in [1.29, 1.82) is 0 Å². The molecule has 4 nitrogen and oxygen atoms in total. The summed E-state index contributed by atoms with van der Waals surface area (Å²) >= 11 is 1.64. The van der Waals surface area contributed by atoms with E-state index in [0.717, 1.165) is 29.4 Å². The van der Waals surface area contributed by atoms with Crippen molar-refractivity contribution in [2.75, 3.05) is 32.2 Å². The van der Waals surface area contributed by atoms with Crippen LogP contribution in [0.4, 0.5) is 5.13 Å². The largest absolute Gasteiger partial charge is 0.383 e. The number of hydrogen-bond acceptors (Lipinski definition) is 5. The Bertz CT molecular complexity index is 389. The maximum Gasteiger partial charge on any atom is 0.186 e. The van der Waals surface area contributed by atoms with Crippen molar-refractivity contribution in [2.45, 2.75) is 19.3 Å². The van der Waals surface area contributed by atoms with Crippen LogP contribution in [0.1, 0.15) is 28.2 Å². The maximum atomic E-state index is 11.6. The van der Waals surface area contributed by atoms with Crippen LogP contribution in [0.3, 0.4) is 0 Å². The second kappa shape index (κ2) is 4.93. The highest BCUT2D eigenvalue weighted by Crippen LogP contribution is 2.31. The van der Waals surface area contributed by atoms with Gasteiger partial charge in [0, 0.05) is 32.0 Å². The second-order valence-corrected chi connectivity index (χ2v) is 5.02. The van der Waals surface area contributed by atoms with Crippen LogP contribution in [-0.2, 0) is 11.2 Å².